The Morgan fingerprint density at radius 3 is 2.29 bits per heavy atom. The Bertz CT molecular complexity index is 702. The lowest BCUT2D eigenvalue weighted by molar-refractivity contribution is -0.128. The van der Waals surface area contributed by atoms with Crippen molar-refractivity contribution in [2.45, 2.75) is 52.0 Å². The Kier molecular flexibility index (Phi) is 6.88. The van der Waals surface area contributed by atoms with Gasteiger partial charge in [-0.1, -0.05) is 30.3 Å². The predicted molar refractivity (Wildman–Crippen MR) is 104 cm³/mol. The highest BCUT2D eigenvalue weighted by Crippen LogP contribution is 2.20. The van der Waals surface area contributed by atoms with E-state index in [0.717, 1.165) is 5.56 Å². The molecule has 0 aromatic heterocycles. The molecule has 8 nitrogen and oxygen atoms in total. The summed E-state index contributed by atoms with van der Waals surface area (Å²) in [5.74, 6) is -0.364. The average Bonchev–Trinajstić information content (AvgIpc) is 2.64. The lowest BCUT2D eigenvalue weighted by atomic mass is 10.1. The Morgan fingerprint density at radius 1 is 1.07 bits per heavy atom. The van der Waals surface area contributed by atoms with Crippen LogP contribution in [0.1, 0.15) is 33.3 Å². The van der Waals surface area contributed by atoms with Crippen LogP contribution in [0.4, 0.5) is 9.59 Å². The van der Waals surface area contributed by atoms with Gasteiger partial charge < -0.3 is 19.7 Å². The minimum Gasteiger partial charge on any atom is -0.445 e. The average molecular weight is 391 g/mol. The van der Waals surface area contributed by atoms with Crippen LogP contribution in [0.2, 0.25) is 0 Å². The van der Waals surface area contributed by atoms with Gasteiger partial charge in [0.2, 0.25) is 5.91 Å². The van der Waals surface area contributed by atoms with Crippen molar-refractivity contribution in [1.82, 2.24) is 15.1 Å². The molecule has 1 saturated heterocycles. The van der Waals surface area contributed by atoms with E-state index in [2.05, 4.69) is 5.32 Å². The Hall–Kier alpha value is -2.77. The summed E-state index contributed by atoms with van der Waals surface area (Å²) in [4.78, 5) is 40.4. The van der Waals surface area contributed by atoms with E-state index in [4.69, 9.17) is 9.47 Å². The molecule has 3 amide bonds. The third kappa shape index (κ3) is 5.61. The molecule has 1 aromatic carbocycles. The molecule has 0 radical (unpaired) electrons. The highest BCUT2D eigenvalue weighted by atomic mass is 16.6. The molecule has 1 N–H and O–H groups in total. The number of hydrogen-bond donors (Lipinski definition) is 1. The number of ether oxygens (including phenoxy) is 2. The van der Waals surface area contributed by atoms with Gasteiger partial charge in [0.05, 0.1) is 12.6 Å². The topological polar surface area (TPSA) is 88.2 Å². The number of piperazine rings is 1. The molecule has 8 heteroatoms. The quantitative estimate of drug-likeness (QED) is 0.855. The first-order chi connectivity index (χ1) is 13.1. The SMILES string of the molecule is CNC(=O)C1CN(C(=O)OC(C)(C)C)C(C)CN1C(=O)OCc1ccccc1. The molecular weight excluding hydrogens is 362 g/mol. The lowest BCUT2D eigenvalue weighted by Crippen LogP contribution is -2.64. The Morgan fingerprint density at radius 2 is 1.71 bits per heavy atom. The molecule has 2 rings (SSSR count). The number of carbonyl (C=O) groups is 3. The second-order valence-corrected chi connectivity index (χ2v) is 7.80. The van der Waals surface area contributed by atoms with Crippen LogP contribution in [0.5, 0.6) is 0 Å². The van der Waals surface area contributed by atoms with Crippen molar-refractivity contribution >= 4 is 18.1 Å². The molecular formula is C20H29N3O5. The maximum atomic E-state index is 12.6. The second-order valence-electron chi connectivity index (χ2n) is 7.80. The number of likely N-dealkylation sites (N-methyl/N-ethyl adjacent to an activating group) is 1. The van der Waals surface area contributed by atoms with Gasteiger partial charge in [-0.05, 0) is 33.3 Å². The number of benzene rings is 1. The minimum absolute atomic E-state index is 0.0379. The molecule has 1 fully saturated rings. The van der Waals surface area contributed by atoms with E-state index < -0.39 is 23.8 Å². The first-order valence-electron chi connectivity index (χ1n) is 9.31. The Labute approximate surface area is 165 Å². The van der Waals surface area contributed by atoms with Crippen LogP contribution >= 0.6 is 0 Å². The second kappa shape index (κ2) is 8.95. The van der Waals surface area contributed by atoms with Gasteiger partial charge in [-0.25, -0.2) is 9.59 Å². The number of carbonyl (C=O) groups excluding carboxylic acids is 3. The molecule has 0 bridgehead atoms. The van der Waals surface area contributed by atoms with E-state index in [9.17, 15) is 14.4 Å². The maximum absolute atomic E-state index is 12.6. The number of rotatable bonds is 3. The van der Waals surface area contributed by atoms with Crippen molar-refractivity contribution in [2.24, 2.45) is 0 Å². The smallest absolute Gasteiger partial charge is 0.410 e. The Balaban J connectivity index is 2.10. The van der Waals surface area contributed by atoms with E-state index >= 15 is 0 Å². The summed E-state index contributed by atoms with van der Waals surface area (Å²) in [6.45, 7) is 7.47. The fourth-order valence-corrected chi connectivity index (χ4v) is 2.95. The molecule has 0 saturated carbocycles. The van der Waals surface area contributed by atoms with E-state index in [1.165, 1.54) is 16.8 Å². The van der Waals surface area contributed by atoms with Gasteiger partial charge in [0, 0.05) is 13.6 Å². The summed E-state index contributed by atoms with van der Waals surface area (Å²) < 4.78 is 10.8. The van der Waals surface area contributed by atoms with Gasteiger partial charge in [-0.2, -0.15) is 0 Å². The fraction of sp³-hybridized carbons (Fsp3) is 0.550. The molecule has 2 unspecified atom stereocenters. The number of amides is 3. The van der Waals surface area contributed by atoms with E-state index in [1.54, 1.807) is 20.8 Å². The summed E-state index contributed by atoms with van der Waals surface area (Å²) in [6.07, 6.45) is -1.10. The largest absolute Gasteiger partial charge is 0.445 e. The molecule has 0 aliphatic carbocycles. The molecule has 0 spiro atoms. The maximum Gasteiger partial charge on any atom is 0.410 e. The summed E-state index contributed by atoms with van der Waals surface area (Å²) in [6, 6.07) is 8.14. The van der Waals surface area contributed by atoms with E-state index in [-0.39, 0.29) is 31.6 Å². The van der Waals surface area contributed by atoms with Gasteiger partial charge in [0.1, 0.15) is 18.2 Å². The standard InChI is InChI=1S/C20H29N3O5/c1-14-11-23(18(25)27-13-15-9-7-6-8-10-15)16(17(24)21-5)12-22(14)19(26)28-20(2,3)4/h6-10,14,16H,11-13H2,1-5H3,(H,21,24). The van der Waals surface area contributed by atoms with Gasteiger partial charge in [-0.3, -0.25) is 9.69 Å². The van der Waals surface area contributed by atoms with Crippen LogP contribution in [-0.4, -0.2) is 65.7 Å². The fourth-order valence-electron chi connectivity index (χ4n) is 2.95. The third-order valence-corrected chi connectivity index (χ3v) is 4.36. The molecule has 2 atom stereocenters. The zero-order chi connectivity index (χ0) is 20.9. The van der Waals surface area contributed by atoms with Crippen LogP contribution in [0.25, 0.3) is 0 Å². The van der Waals surface area contributed by atoms with Crippen LogP contribution in [0.15, 0.2) is 30.3 Å². The zero-order valence-electron chi connectivity index (χ0n) is 17.1. The first kappa shape index (κ1) is 21.5. The predicted octanol–water partition coefficient (Wildman–Crippen LogP) is 2.38. The normalized spacial score (nSPS) is 19.8. The van der Waals surface area contributed by atoms with Gasteiger partial charge in [-0.15, -0.1) is 0 Å². The van der Waals surface area contributed by atoms with Crippen molar-refractivity contribution in [1.29, 1.82) is 0 Å². The monoisotopic (exact) mass is 391 g/mol. The summed E-state index contributed by atoms with van der Waals surface area (Å²) in [7, 11) is 1.49. The van der Waals surface area contributed by atoms with E-state index in [0.29, 0.717) is 0 Å². The van der Waals surface area contributed by atoms with Crippen molar-refractivity contribution in [3.05, 3.63) is 35.9 Å². The van der Waals surface area contributed by atoms with Crippen LogP contribution < -0.4 is 5.32 Å². The molecule has 28 heavy (non-hydrogen) atoms. The van der Waals surface area contributed by atoms with Crippen molar-refractivity contribution in [3.63, 3.8) is 0 Å². The number of nitrogens with zero attached hydrogens (tertiary/aromatic N) is 2. The van der Waals surface area contributed by atoms with Crippen molar-refractivity contribution in [3.8, 4) is 0 Å². The molecule has 154 valence electrons. The first-order valence-corrected chi connectivity index (χ1v) is 9.31. The highest BCUT2D eigenvalue weighted by molar-refractivity contribution is 5.86. The highest BCUT2D eigenvalue weighted by Gasteiger charge is 2.42. The van der Waals surface area contributed by atoms with Crippen LogP contribution in [-0.2, 0) is 20.9 Å². The zero-order valence-corrected chi connectivity index (χ0v) is 17.1. The summed E-state index contributed by atoms with van der Waals surface area (Å²) in [5.41, 5.74) is 0.207. The van der Waals surface area contributed by atoms with Gasteiger partial charge >= 0.3 is 12.2 Å². The van der Waals surface area contributed by atoms with Crippen molar-refractivity contribution in [2.75, 3.05) is 20.1 Å². The summed E-state index contributed by atoms with van der Waals surface area (Å²) >= 11 is 0. The summed E-state index contributed by atoms with van der Waals surface area (Å²) in [5, 5.41) is 2.55. The van der Waals surface area contributed by atoms with Crippen LogP contribution in [0, 0.1) is 0 Å². The third-order valence-electron chi connectivity index (χ3n) is 4.36. The molecule has 1 aliphatic heterocycles. The molecule has 1 aromatic rings. The molecule has 1 heterocycles. The molecule has 1 aliphatic rings. The van der Waals surface area contributed by atoms with E-state index in [1.807, 2.05) is 37.3 Å². The van der Waals surface area contributed by atoms with Gasteiger partial charge in [0.15, 0.2) is 0 Å². The lowest BCUT2D eigenvalue weighted by Gasteiger charge is -2.43. The van der Waals surface area contributed by atoms with Crippen molar-refractivity contribution < 1.29 is 23.9 Å². The number of nitrogens with one attached hydrogen (secondary N) is 1. The number of hydrogen-bond acceptors (Lipinski definition) is 5. The van der Waals surface area contributed by atoms with Crippen LogP contribution in [0.3, 0.4) is 0 Å². The van der Waals surface area contributed by atoms with Gasteiger partial charge in [0.25, 0.3) is 0 Å². The minimum atomic E-state index is -0.850.